The average Bonchev–Trinajstić information content (AvgIpc) is 2.58. The van der Waals surface area contributed by atoms with E-state index in [1.807, 2.05) is 0 Å². The molecule has 1 aliphatic heterocycles. The summed E-state index contributed by atoms with van der Waals surface area (Å²) in [6.07, 6.45) is -5.11. The van der Waals surface area contributed by atoms with Crippen LogP contribution in [0.25, 0.3) is 0 Å². The summed E-state index contributed by atoms with van der Waals surface area (Å²) in [6.45, 7) is 0.194. The van der Waals surface area contributed by atoms with Crippen molar-refractivity contribution < 1.29 is 26.7 Å². The number of benzene rings is 1. The van der Waals surface area contributed by atoms with Gasteiger partial charge in [-0.25, -0.2) is 8.78 Å². The van der Waals surface area contributed by atoms with Crippen LogP contribution in [-0.2, 0) is 6.18 Å². The number of nitrogens with zero attached hydrogens (tertiary/aromatic N) is 1. The van der Waals surface area contributed by atoms with E-state index in [1.165, 1.54) is 4.90 Å². The van der Waals surface area contributed by atoms with Crippen LogP contribution in [-0.4, -0.2) is 24.9 Å². The third kappa shape index (κ3) is 3.66. The molecule has 0 aromatic heterocycles. The van der Waals surface area contributed by atoms with Crippen LogP contribution in [0.15, 0.2) is 18.2 Å². The molecule has 1 aromatic rings. The van der Waals surface area contributed by atoms with Crippen LogP contribution < -0.4 is 10.6 Å². The van der Waals surface area contributed by atoms with Crippen molar-refractivity contribution in [3.05, 3.63) is 29.3 Å². The normalized spacial score (nSPS) is 18.9. The van der Waals surface area contributed by atoms with Gasteiger partial charge in [0.2, 0.25) is 5.92 Å². The van der Waals surface area contributed by atoms with Crippen LogP contribution in [0.5, 0.6) is 0 Å². The zero-order valence-corrected chi connectivity index (χ0v) is 11.6. The first-order valence-corrected chi connectivity index (χ1v) is 6.74. The monoisotopic (exact) mass is 322 g/mol. The van der Waals surface area contributed by atoms with Gasteiger partial charge in [0.25, 0.3) is 5.91 Å². The van der Waals surface area contributed by atoms with Crippen LogP contribution in [0, 0.1) is 0 Å². The fourth-order valence-corrected chi connectivity index (χ4v) is 2.49. The van der Waals surface area contributed by atoms with Gasteiger partial charge in [-0.05, 0) is 24.6 Å². The molecule has 1 heterocycles. The molecule has 0 aliphatic carbocycles. The number of amides is 1. The Balaban J connectivity index is 2.36. The number of nitrogens with two attached hydrogens (primary N) is 1. The van der Waals surface area contributed by atoms with Gasteiger partial charge in [-0.1, -0.05) is 0 Å². The Morgan fingerprint density at radius 3 is 2.45 bits per heavy atom. The predicted octanol–water partition coefficient (Wildman–Crippen LogP) is 3.43. The molecule has 2 N–H and O–H groups in total. The van der Waals surface area contributed by atoms with Crippen molar-refractivity contribution in [3.8, 4) is 0 Å². The molecule has 0 radical (unpaired) electrons. The zero-order valence-electron chi connectivity index (χ0n) is 11.6. The lowest BCUT2D eigenvalue weighted by Gasteiger charge is -2.25. The molecule has 1 fully saturated rings. The molecule has 2 rings (SSSR count). The van der Waals surface area contributed by atoms with E-state index in [0.717, 1.165) is 12.1 Å². The summed E-state index contributed by atoms with van der Waals surface area (Å²) < 4.78 is 64.9. The van der Waals surface area contributed by atoms with Gasteiger partial charge >= 0.3 is 6.18 Å². The molecule has 3 nitrogen and oxygen atoms in total. The Morgan fingerprint density at radius 2 is 1.86 bits per heavy atom. The number of carbonyl (C=O) groups is 1. The molecule has 0 unspecified atom stereocenters. The molecule has 1 saturated heterocycles. The molecule has 1 aliphatic rings. The maximum Gasteiger partial charge on any atom is 0.416 e. The van der Waals surface area contributed by atoms with Crippen molar-refractivity contribution in [1.82, 2.24) is 0 Å². The Hall–Kier alpha value is -1.86. The van der Waals surface area contributed by atoms with Crippen molar-refractivity contribution in [2.24, 2.45) is 5.73 Å². The number of alkyl halides is 5. The highest BCUT2D eigenvalue weighted by Gasteiger charge is 2.34. The van der Waals surface area contributed by atoms with Gasteiger partial charge in [0, 0.05) is 31.6 Å². The second kappa shape index (κ2) is 5.73. The van der Waals surface area contributed by atoms with Crippen LogP contribution >= 0.6 is 0 Å². The van der Waals surface area contributed by atoms with Gasteiger partial charge in [0.15, 0.2) is 0 Å². The van der Waals surface area contributed by atoms with Gasteiger partial charge in [-0.15, -0.1) is 0 Å². The number of hydrogen-bond acceptors (Lipinski definition) is 2. The molecule has 1 aromatic carbocycles. The van der Waals surface area contributed by atoms with Crippen molar-refractivity contribution >= 4 is 11.6 Å². The Labute approximate surface area is 123 Å². The third-order valence-electron chi connectivity index (χ3n) is 3.65. The number of anilines is 1. The smallest absolute Gasteiger partial charge is 0.371 e. The molecule has 8 heteroatoms. The molecule has 0 bridgehead atoms. The van der Waals surface area contributed by atoms with E-state index in [2.05, 4.69) is 0 Å². The number of rotatable bonds is 2. The lowest BCUT2D eigenvalue weighted by atomic mass is 10.1. The molecule has 0 atom stereocenters. The second-order valence-corrected chi connectivity index (χ2v) is 5.29. The van der Waals surface area contributed by atoms with Crippen LogP contribution in [0.4, 0.5) is 27.6 Å². The fraction of sp³-hybridized carbons (Fsp3) is 0.500. The van der Waals surface area contributed by atoms with Gasteiger partial charge in [-0.2, -0.15) is 13.2 Å². The summed E-state index contributed by atoms with van der Waals surface area (Å²) in [4.78, 5) is 12.9. The summed E-state index contributed by atoms with van der Waals surface area (Å²) in [7, 11) is 0. The second-order valence-electron chi connectivity index (χ2n) is 5.29. The minimum Gasteiger partial charge on any atom is -0.371 e. The summed E-state index contributed by atoms with van der Waals surface area (Å²) in [5.41, 5.74) is 4.01. The van der Waals surface area contributed by atoms with E-state index in [4.69, 9.17) is 5.73 Å². The summed E-state index contributed by atoms with van der Waals surface area (Å²) in [5, 5.41) is 0. The van der Waals surface area contributed by atoms with Gasteiger partial charge in [-0.3, -0.25) is 4.79 Å². The van der Waals surface area contributed by atoms with Crippen LogP contribution in [0.2, 0.25) is 0 Å². The Kier molecular flexibility index (Phi) is 4.30. The topological polar surface area (TPSA) is 46.3 Å². The highest BCUT2D eigenvalue weighted by molar-refractivity contribution is 5.99. The molecule has 22 heavy (non-hydrogen) atoms. The maximum absolute atomic E-state index is 13.4. The SMILES string of the molecule is NC(=O)c1cc(C(F)(F)F)ccc1N1CCCC(F)(F)CC1. The fourth-order valence-electron chi connectivity index (χ4n) is 2.49. The highest BCUT2D eigenvalue weighted by atomic mass is 19.4. The van der Waals surface area contributed by atoms with Crippen LogP contribution in [0.1, 0.15) is 35.2 Å². The van der Waals surface area contributed by atoms with Crippen molar-refractivity contribution in [3.63, 3.8) is 0 Å². The first-order chi connectivity index (χ1) is 10.1. The molecular formula is C14H15F5N2O. The van der Waals surface area contributed by atoms with E-state index < -0.39 is 30.0 Å². The first kappa shape index (κ1) is 16.5. The Morgan fingerprint density at radius 1 is 1.18 bits per heavy atom. The van der Waals surface area contributed by atoms with E-state index in [9.17, 15) is 26.7 Å². The molecular weight excluding hydrogens is 307 g/mol. The number of halogens is 5. The average molecular weight is 322 g/mol. The molecule has 1 amide bonds. The van der Waals surface area contributed by atoms with Gasteiger partial charge < -0.3 is 10.6 Å². The maximum atomic E-state index is 13.4. The number of primary amides is 1. The highest BCUT2D eigenvalue weighted by Crippen LogP contribution is 2.35. The third-order valence-corrected chi connectivity index (χ3v) is 3.65. The largest absolute Gasteiger partial charge is 0.416 e. The summed E-state index contributed by atoms with van der Waals surface area (Å²) in [5.74, 6) is -3.81. The standard InChI is InChI=1S/C14H15F5N2O/c15-13(16)4-1-6-21(7-5-13)11-3-2-9(14(17,18)19)8-10(11)12(20)22/h2-3,8H,1,4-7H2,(H2,20,22). The van der Waals surface area contributed by atoms with Crippen molar-refractivity contribution in [2.75, 3.05) is 18.0 Å². The lowest BCUT2D eigenvalue weighted by Crippen LogP contribution is -2.28. The molecule has 0 saturated carbocycles. The minimum absolute atomic E-state index is 0.0430. The lowest BCUT2D eigenvalue weighted by molar-refractivity contribution is -0.137. The molecule has 122 valence electrons. The number of carbonyl (C=O) groups excluding carboxylic acids is 1. The van der Waals surface area contributed by atoms with E-state index in [1.54, 1.807) is 0 Å². The number of hydrogen-bond donors (Lipinski definition) is 1. The molecule has 0 spiro atoms. The van der Waals surface area contributed by atoms with Crippen molar-refractivity contribution in [2.45, 2.75) is 31.4 Å². The predicted molar refractivity (Wildman–Crippen MR) is 71.0 cm³/mol. The minimum atomic E-state index is -4.60. The van der Waals surface area contributed by atoms with Gasteiger partial charge in [0.1, 0.15) is 0 Å². The quantitative estimate of drug-likeness (QED) is 0.848. The van der Waals surface area contributed by atoms with E-state index in [0.29, 0.717) is 6.07 Å². The summed E-state index contributed by atoms with van der Waals surface area (Å²) >= 11 is 0. The zero-order chi connectivity index (χ0) is 16.5. The Bertz CT molecular complexity index is 571. The van der Waals surface area contributed by atoms with E-state index >= 15 is 0 Å². The van der Waals surface area contributed by atoms with Crippen LogP contribution in [0.3, 0.4) is 0 Å². The van der Waals surface area contributed by atoms with Crippen molar-refractivity contribution in [1.29, 1.82) is 0 Å². The van der Waals surface area contributed by atoms with E-state index in [-0.39, 0.29) is 37.2 Å². The summed E-state index contributed by atoms with van der Waals surface area (Å²) in [6, 6.07) is 2.61. The van der Waals surface area contributed by atoms with Gasteiger partial charge in [0.05, 0.1) is 11.1 Å². The first-order valence-electron chi connectivity index (χ1n) is 6.74.